The number of nitrogens with zero attached hydrogens (tertiary/aromatic N) is 3. The second-order valence-electron chi connectivity index (χ2n) is 10.5. The molecule has 1 amide bonds. The van der Waals surface area contributed by atoms with Gasteiger partial charge in [-0.25, -0.2) is 0 Å². The van der Waals surface area contributed by atoms with Gasteiger partial charge in [0.15, 0.2) is 5.78 Å². The molecule has 2 N–H and O–H groups in total. The van der Waals surface area contributed by atoms with Gasteiger partial charge in [0.25, 0.3) is 5.91 Å². The van der Waals surface area contributed by atoms with E-state index in [0.29, 0.717) is 5.71 Å². The predicted octanol–water partition coefficient (Wildman–Crippen LogP) is 4.81. The van der Waals surface area contributed by atoms with Crippen LogP contribution in [-0.2, 0) is 14.3 Å². The first-order valence-electron chi connectivity index (χ1n) is 12.7. The Bertz CT molecular complexity index is 1070. The Morgan fingerprint density at radius 2 is 1.76 bits per heavy atom. The van der Waals surface area contributed by atoms with Crippen LogP contribution in [0.25, 0.3) is 0 Å². The standard InChI is InChI=1S/C27H36Cl2N4O4/c1-16(32-19-7-5-18(6-8-19)17(2)34)21(11-30)26(36)33(14-20-9-10-27(3,4)37-20)15-24(35)25-22(28)12-31-13-23(25)29/h11-13,18-20H,5-10,14-15,30H2,1-4H3/t18?,19?,20-/m1/s1. The third-order valence-corrected chi connectivity index (χ3v) is 7.74. The number of aliphatic imine (C=N–C) groups is 1. The van der Waals surface area contributed by atoms with Crippen molar-refractivity contribution in [3.05, 3.63) is 39.8 Å². The molecule has 1 saturated carbocycles. The van der Waals surface area contributed by atoms with Gasteiger partial charge in [0.2, 0.25) is 0 Å². The minimum absolute atomic E-state index is 0.0156. The van der Waals surface area contributed by atoms with E-state index in [9.17, 15) is 14.4 Å². The lowest BCUT2D eigenvalue weighted by Gasteiger charge is -2.28. The Labute approximate surface area is 228 Å². The monoisotopic (exact) mass is 550 g/mol. The first-order chi connectivity index (χ1) is 17.4. The van der Waals surface area contributed by atoms with E-state index in [1.54, 1.807) is 13.8 Å². The van der Waals surface area contributed by atoms with Crippen molar-refractivity contribution in [3.8, 4) is 0 Å². The summed E-state index contributed by atoms with van der Waals surface area (Å²) in [7, 11) is 0. The molecule has 2 fully saturated rings. The van der Waals surface area contributed by atoms with Crippen molar-refractivity contribution in [1.82, 2.24) is 9.88 Å². The predicted molar refractivity (Wildman–Crippen MR) is 145 cm³/mol. The number of pyridine rings is 1. The van der Waals surface area contributed by atoms with Gasteiger partial charge in [0.1, 0.15) is 5.78 Å². The molecule has 3 rings (SSSR count). The van der Waals surface area contributed by atoms with Crippen LogP contribution in [0.3, 0.4) is 0 Å². The van der Waals surface area contributed by atoms with Crippen molar-refractivity contribution < 1.29 is 19.1 Å². The van der Waals surface area contributed by atoms with Crippen molar-refractivity contribution in [1.29, 1.82) is 0 Å². The maximum absolute atomic E-state index is 13.8. The minimum atomic E-state index is -0.413. The molecular formula is C27H36Cl2N4O4. The molecule has 2 heterocycles. The maximum Gasteiger partial charge on any atom is 0.257 e. The van der Waals surface area contributed by atoms with Crippen molar-refractivity contribution in [2.45, 2.75) is 84.0 Å². The molecule has 2 aliphatic rings. The van der Waals surface area contributed by atoms with Gasteiger partial charge in [-0.15, -0.1) is 0 Å². The van der Waals surface area contributed by atoms with Crippen LogP contribution < -0.4 is 5.73 Å². The van der Waals surface area contributed by atoms with Crippen LogP contribution in [0, 0.1) is 5.92 Å². The number of ketones is 2. The van der Waals surface area contributed by atoms with E-state index >= 15 is 0 Å². The molecule has 0 aromatic carbocycles. The number of hydrogen-bond donors (Lipinski definition) is 1. The van der Waals surface area contributed by atoms with E-state index < -0.39 is 11.7 Å². The topological polar surface area (TPSA) is 115 Å². The molecule has 0 radical (unpaired) electrons. The molecule has 1 aromatic rings. The summed E-state index contributed by atoms with van der Waals surface area (Å²) in [5, 5.41) is 0.244. The second-order valence-corrected chi connectivity index (χ2v) is 11.4. The highest BCUT2D eigenvalue weighted by atomic mass is 35.5. The van der Waals surface area contributed by atoms with Crippen LogP contribution in [0.4, 0.5) is 0 Å². The summed E-state index contributed by atoms with van der Waals surface area (Å²) in [6, 6.07) is 0.0156. The van der Waals surface area contributed by atoms with E-state index in [2.05, 4.69) is 4.98 Å². The molecule has 1 aromatic heterocycles. The van der Waals surface area contributed by atoms with E-state index in [1.807, 2.05) is 13.8 Å². The number of aromatic nitrogens is 1. The number of ether oxygens (including phenoxy) is 1. The van der Waals surface area contributed by atoms with Crippen LogP contribution in [0.5, 0.6) is 0 Å². The smallest absolute Gasteiger partial charge is 0.257 e. The highest BCUT2D eigenvalue weighted by Crippen LogP contribution is 2.31. The summed E-state index contributed by atoms with van der Waals surface area (Å²) in [5.74, 6) is -0.522. The summed E-state index contributed by atoms with van der Waals surface area (Å²) < 4.78 is 6.11. The highest BCUT2D eigenvalue weighted by Gasteiger charge is 2.35. The van der Waals surface area contributed by atoms with Gasteiger partial charge in [0.05, 0.1) is 45.5 Å². The molecule has 10 heteroatoms. The molecule has 0 spiro atoms. The first-order valence-corrected chi connectivity index (χ1v) is 13.4. The van der Waals surface area contributed by atoms with E-state index in [0.717, 1.165) is 38.5 Å². The van der Waals surface area contributed by atoms with Gasteiger partial charge < -0.3 is 15.4 Å². The number of carbonyl (C=O) groups is 3. The maximum atomic E-state index is 13.8. The van der Waals surface area contributed by atoms with Gasteiger partial charge in [-0.3, -0.25) is 24.4 Å². The lowest BCUT2D eigenvalue weighted by atomic mass is 9.84. The van der Waals surface area contributed by atoms with Crippen LogP contribution in [0.15, 0.2) is 29.2 Å². The SMILES string of the molecule is CC(=O)C1CCC(N=C(C)C(=CN)C(=O)N(CC(=O)c2c(Cl)cncc2Cl)C[C@H]2CCC(C)(C)O2)CC1. The fourth-order valence-corrected chi connectivity index (χ4v) is 5.65. The summed E-state index contributed by atoms with van der Waals surface area (Å²) in [5.41, 5.74) is 6.47. The zero-order valence-corrected chi connectivity index (χ0v) is 23.4. The summed E-state index contributed by atoms with van der Waals surface area (Å²) in [6.45, 7) is 7.34. The molecule has 1 atom stereocenters. The van der Waals surface area contributed by atoms with E-state index in [1.165, 1.54) is 23.5 Å². The van der Waals surface area contributed by atoms with E-state index in [-0.39, 0.29) is 63.7 Å². The molecule has 1 saturated heterocycles. The fraction of sp³-hybridized carbons (Fsp3) is 0.593. The zero-order chi connectivity index (χ0) is 27.3. The van der Waals surface area contributed by atoms with Gasteiger partial charge >= 0.3 is 0 Å². The Morgan fingerprint density at radius 3 is 2.27 bits per heavy atom. The second kappa shape index (κ2) is 12.5. The molecule has 0 unspecified atom stereocenters. The summed E-state index contributed by atoms with van der Waals surface area (Å²) >= 11 is 12.4. The average Bonchev–Trinajstić information content (AvgIpc) is 3.17. The quantitative estimate of drug-likeness (QED) is 0.268. The molecule has 37 heavy (non-hydrogen) atoms. The Kier molecular flexibility index (Phi) is 9.89. The average molecular weight is 552 g/mol. The lowest BCUT2D eigenvalue weighted by molar-refractivity contribution is -0.128. The number of Topliss-reactive ketones (excluding diaryl/α,β-unsaturated/α-hetero) is 2. The number of carbonyl (C=O) groups excluding carboxylic acids is 3. The number of hydrogen-bond acceptors (Lipinski definition) is 7. The van der Waals surface area contributed by atoms with Crippen LogP contribution >= 0.6 is 23.2 Å². The largest absolute Gasteiger partial charge is 0.404 e. The third-order valence-electron chi connectivity index (χ3n) is 7.17. The lowest BCUT2D eigenvalue weighted by Crippen LogP contribution is -2.43. The molecule has 1 aliphatic carbocycles. The van der Waals surface area contributed by atoms with Crippen LogP contribution in [-0.4, -0.2) is 63.9 Å². The van der Waals surface area contributed by atoms with Crippen LogP contribution in [0.2, 0.25) is 10.0 Å². The minimum Gasteiger partial charge on any atom is -0.404 e. The normalized spacial score (nSPS) is 24.1. The number of rotatable bonds is 9. The van der Waals surface area contributed by atoms with Gasteiger partial charge in [-0.05, 0) is 66.2 Å². The van der Waals surface area contributed by atoms with Crippen molar-refractivity contribution >= 4 is 46.4 Å². The Balaban J connectivity index is 1.81. The number of nitrogens with two attached hydrogens (primary N) is 1. The molecule has 1 aliphatic heterocycles. The first kappa shape index (κ1) is 29.3. The van der Waals surface area contributed by atoms with Gasteiger partial charge in [-0.1, -0.05) is 23.2 Å². The van der Waals surface area contributed by atoms with Crippen molar-refractivity contribution in [3.63, 3.8) is 0 Å². The van der Waals surface area contributed by atoms with Gasteiger partial charge in [-0.2, -0.15) is 0 Å². The summed E-state index contributed by atoms with van der Waals surface area (Å²) in [6.07, 6.45) is 8.44. The van der Waals surface area contributed by atoms with Gasteiger partial charge in [0, 0.05) is 36.8 Å². The molecule has 202 valence electrons. The zero-order valence-electron chi connectivity index (χ0n) is 21.9. The van der Waals surface area contributed by atoms with Crippen molar-refractivity contribution in [2.24, 2.45) is 16.6 Å². The third kappa shape index (κ3) is 7.62. The van der Waals surface area contributed by atoms with Crippen LogP contribution in [0.1, 0.15) is 76.6 Å². The molecule has 0 bridgehead atoms. The molecule has 8 nitrogen and oxygen atoms in total. The fourth-order valence-electron chi connectivity index (χ4n) is 5.07. The van der Waals surface area contributed by atoms with Crippen molar-refractivity contribution in [2.75, 3.05) is 13.1 Å². The number of halogens is 2. The number of amides is 1. The highest BCUT2D eigenvalue weighted by molar-refractivity contribution is 6.39. The molecular weight excluding hydrogens is 515 g/mol. The Hall–Kier alpha value is -2.29. The van der Waals surface area contributed by atoms with E-state index in [4.69, 9.17) is 38.7 Å². The Morgan fingerprint density at radius 1 is 1.14 bits per heavy atom. The summed E-state index contributed by atoms with van der Waals surface area (Å²) in [4.78, 5) is 48.8.